The first kappa shape index (κ1) is 12.2. The van der Waals surface area contributed by atoms with Gasteiger partial charge in [0.2, 0.25) is 0 Å². The second-order valence-electron chi connectivity index (χ2n) is 4.18. The van der Waals surface area contributed by atoms with Crippen LogP contribution in [0.5, 0.6) is 0 Å². The van der Waals surface area contributed by atoms with Crippen molar-refractivity contribution in [2.24, 2.45) is 0 Å². The fourth-order valence-electron chi connectivity index (χ4n) is 1.94. The largest absolute Gasteiger partial charge is 0.468 e. The van der Waals surface area contributed by atoms with Crippen molar-refractivity contribution in [1.82, 2.24) is 14.9 Å². The Labute approximate surface area is 115 Å². The van der Waals surface area contributed by atoms with Gasteiger partial charge < -0.3 is 14.3 Å². The van der Waals surface area contributed by atoms with Crippen LogP contribution in [0.15, 0.2) is 52.7 Å². The molecule has 0 saturated heterocycles. The number of furan rings is 1. The summed E-state index contributed by atoms with van der Waals surface area (Å²) in [5.41, 5.74) is 0. The van der Waals surface area contributed by atoms with Gasteiger partial charge in [-0.15, -0.1) is 11.3 Å². The first-order valence-electron chi connectivity index (χ1n) is 6.21. The maximum absolute atomic E-state index is 5.27. The van der Waals surface area contributed by atoms with Crippen LogP contribution in [0.3, 0.4) is 0 Å². The summed E-state index contributed by atoms with van der Waals surface area (Å²) in [5.74, 6) is 2.00. The SMILES string of the molecule is c1coc(CNCCn2ccnc2-c2cccs2)c1. The highest BCUT2D eigenvalue weighted by molar-refractivity contribution is 7.13. The molecule has 0 spiro atoms. The number of thiophene rings is 1. The van der Waals surface area contributed by atoms with Gasteiger partial charge in [0.25, 0.3) is 0 Å². The highest BCUT2D eigenvalue weighted by Crippen LogP contribution is 2.22. The van der Waals surface area contributed by atoms with Crippen LogP contribution in [0.4, 0.5) is 0 Å². The van der Waals surface area contributed by atoms with Gasteiger partial charge in [-0.2, -0.15) is 0 Å². The van der Waals surface area contributed by atoms with E-state index < -0.39 is 0 Å². The molecule has 0 unspecified atom stereocenters. The van der Waals surface area contributed by atoms with E-state index in [9.17, 15) is 0 Å². The molecule has 3 aromatic heterocycles. The third-order valence-electron chi connectivity index (χ3n) is 2.87. The van der Waals surface area contributed by atoms with Crippen LogP contribution in [0, 0.1) is 0 Å². The highest BCUT2D eigenvalue weighted by Gasteiger charge is 2.06. The fraction of sp³-hybridized carbons (Fsp3) is 0.214. The van der Waals surface area contributed by atoms with Gasteiger partial charge in [0.1, 0.15) is 11.6 Å². The zero-order valence-corrected chi connectivity index (χ0v) is 11.3. The lowest BCUT2D eigenvalue weighted by Gasteiger charge is -2.07. The molecule has 1 N–H and O–H groups in total. The quantitative estimate of drug-likeness (QED) is 0.702. The molecule has 19 heavy (non-hydrogen) atoms. The first-order chi connectivity index (χ1) is 9.43. The van der Waals surface area contributed by atoms with Crippen molar-refractivity contribution in [3.8, 4) is 10.7 Å². The lowest BCUT2D eigenvalue weighted by Crippen LogP contribution is -2.19. The Kier molecular flexibility index (Phi) is 3.76. The summed E-state index contributed by atoms with van der Waals surface area (Å²) in [6.07, 6.45) is 5.56. The molecule has 98 valence electrons. The summed E-state index contributed by atoms with van der Waals surface area (Å²) < 4.78 is 7.44. The number of hydrogen-bond donors (Lipinski definition) is 1. The van der Waals surface area contributed by atoms with Gasteiger partial charge >= 0.3 is 0 Å². The van der Waals surface area contributed by atoms with Gasteiger partial charge in [-0.1, -0.05) is 6.07 Å². The normalized spacial score (nSPS) is 10.9. The van der Waals surface area contributed by atoms with Gasteiger partial charge in [0, 0.05) is 25.5 Å². The zero-order chi connectivity index (χ0) is 12.9. The van der Waals surface area contributed by atoms with Crippen LogP contribution in [-0.4, -0.2) is 16.1 Å². The van der Waals surface area contributed by atoms with Crippen molar-refractivity contribution in [3.63, 3.8) is 0 Å². The van der Waals surface area contributed by atoms with E-state index in [0.717, 1.165) is 31.2 Å². The third kappa shape index (κ3) is 2.94. The Balaban J connectivity index is 1.55. The molecule has 0 saturated carbocycles. The maximum Gasteiger partial charge on any atom is 0.150 e. The van der Waals surface area contributed by atoms with Gasteiger partial charge in [-0.25, -0.2) is 4.98 Å². The van der Waals surface area contributed by atoms with Crippen molar-refractivity contribution in [3.05, 3.63) is 54.1 Å². The van der Waals surface area contributed by atoms with Crippen molar-refractivity contribution in [1.29, 1.82) is 0 Å². The molecule has 0 aromatic carbocycles. The van der Waals surface area contributed by atoms with Crippen LogP contribution >= 0.6 is 11.3 Å². The topological polar surface area (TPSA) is 43.0 Å². The average molecular weight is 273 g/mol. The molecule has 5 heteroatoms. The van der Waals surface area contributed by atoms with Gasteiger partial charge in [0.05, 0.1) is 17.7 Å². The average Bonchev–Trinajstić information content (AvgIpc) is 3.15. The molecular formula is C14H15N3OS. The fourth-order valence-corrected chi connectivity index (χ4v) is 2.68. The smallest absolute Gasteiger partial charge is 0.150 e. The standard InChI is InChI=1S/C14H15N3OS/c1-3-12(18-9-1)11-15-5-7-17-8-6-16-14(17)13-4-2-10-19-13/h1-4,6,8-10,15H,5,7,11H2. The molecular weight excluding hydrogens is 258 g/mol. The number of nitrogens with one attached hydrogen (secondary N) is 1. The Hall–Kier alpha value is -1.85. The molecule has 0 atom stereocenters. The summed E-state index contributed by atoms with van der Waals surface area (Å²) in [7, 11) is 0. The van der Waals surface area contributed by atoms with Crippen molar-refractivity contribution >= 4 is 11.3 Å². The predicted octanol–water partition coefficient (Wildman–Crippen LogP) is 2.99. The van der Waals surface area contributed by atoms with Gasteiger partial charge in [-0.3, -0.25) is 0 Å². The molecule has 0 fully saturated rings. The second-order valence-corrected chi connectivity index (χ2v) is 5.13. The molecule has 0 radical (unpaired) electrons. The van der Waals surface area contributed by atoms with Crippen LogP contribution in [-0.2, 0) is 13.1 Å². The van der Waals surface area contributed by atoms with Crippen molar-refractivity contribution < 1.29 is 4.42 Å². The molecule has 3 rings (SSSR count). The van der Waals surface area contributed by atoms with E-state index in [2.05, 4.69) is 26.3 Å². The number of hydrogen-bond acceptors (Lipinski definition) is 4. The minimum atomic E-state index is 0.760. The van der Waals surface area contributed by atoms with Crippen LogP contribution in [0.1, 0.15) is 5.76 Å². The molecule has 3 heterocycles. The summed E-state index contributed by atoms with van der Waals surface area (Å²) in [6.45, 7) is 2.54. The summed E-state index contributed by atoms with van der Waals surface area (Å²) in [5, 5.41) is 5.43. The summed E-state index contributed by atoms with van der Waals surface area (Å²) >= 11 is 1.71. The van der Waals surface area contributed by atoms with Crippen molar-refractivity contribution in [2.75, 3.05) is 6.54 Å². The predicted molar refractivity (Wildman–Crippen MR) is 76.0 cm³/mol. The van der Waals surface area contributed by atoms with E-state index in [4.69, 9.17) is 4.42 Å². The molecule has 0 aliphatic heterocycles. The number of aromatic nitrogens is 2. The zero-order valence-electron chi connectivity index (χ0n) is 10.5. The van der Waals surface area contributed by atoms with E-state index in [0.29, 0.717) is 0 Å². The van der Waals surface area contributed by atoms with Crippen LogP contribution in [0.25, 0.3) is 10.7 Å². The number of rotatable bonds is 6. The molecule has 0 aliphatic rings. The number of nitrogens with zero attached hydrogens (tertiary/aromatic N) is 2. The summed E-state index contributed by atoms with van der Waals surface area (Å²) in [4.78, 5) is 5.62. The number of imidazole rings is 1. The Bertz CT molecular complexity index is 598. The van der Waals surface area contributed by atoms with E-state index in [1.807, 2.05) is 30.6 Å². The molecule has 0 aliphatic carbocycles. The monoisotopic (exact) mass is 273 g/mol. The Morgan fingerprint density at radius 3 is 3.11 bits per heavy atom. The van der Waals surface area contributed by atoms with E-state index in [-0.39, 0.29) is 0 Å². The first-order valence-corrected chi connectivity index (χ1v) is 7.09. The molecule has 4 nitrogen and oxygen atoms in total. The minimum Gasteiger partial charge on any atom is -0.468 e. The molecule has 0 bridgehead atoms. The van der Waals surface area contributed by atoms with Gasteiger partial charge in [-0.05, 0) is 23.6 Å². The van der Waals surface area contributed by atoms with Crippen LogP contribution < -0.4 is 5.32 Å². The Morgan fingerprint density at radius 1 is 1.32 bits per heavy atom. The Morgan fingerprint density at radius 2 is 2.32 bits per heavy atom. The van der Waals surface area contributed by atoms with Crippen molar-refractivity contribution in [2.45, 2.75) is 13.1 Å². The highest BCUT2D eigenvalue weighted by atomic mass is 32.1. The maximum atomic E-state index is 5.27. The lowest BCUT2D eigenvalue weighted by atomic mass is 10.4. The third-order valence-corrected chi connectivity index (χ3v) is 3.73. The van der Waals surface area contributed by atoms with Crippen LogP contribution in [0.2, 0.25) is 0 Å². The molecule has 0 amide bonds. The van der Waals surface area contributed by atoms with E-state index >= 15 is 0 Å². The lowest BCUT2D eigenvalue weighted by molar-refractivity contribution is 0.476. The molecule has 3 aromatic rings. The van der Waals surface area contributed by atoms with Gasteiger partial charge in [0.15, 0.2) is 0 Å². The minimum absolute atomic E-state index is 0.760. The van der Waals surface area contributed by atoms with E-state index in [1.54, 1.807) is 17.6 Å². The second kappa shape index (κ2) is 5.86. The summed E-state index contributed by atoms with van der Waals surface area (Å²) in [6, 6.07) is 8.02. The van der Waals surface area contributed by atoms with E-state index in [1.165, 1.54) is 4.88 Å².